The standard InChI is InChI=1S/C18H17NO2S/c20-18(21-14-16-8-2-1-3-9-16)19-12-5-4-7-15-10-6-11-17(22)13-15/h1-3,6,8-11,13,22H,5,12,14H2,(H,19,20). The summed E-state index contributed by atoms with van der Waals surface area (Å²) in [7, 11) is 0. The molecule has 0 spiro atoms. The number of hydrogen-bond donors (Lipinski definition) is 2. The van der Waals surface area contributed by atoms with Gasteiger partial charge >= 0.3 is 6.09 Å². The lowest BCUT2D eigenvalue weighted by atomic mass is 10.2. The smallest absolute Gasteiger partial charge is 0.407 e. The summed E-state index contributed by atoms with van der Waals surface area (Å²) in [5.74, 6) is 6.03. The highest BCUT2D eigenvalue weighted by atomic mass is 32.1. The zero-order chi connectivity index (χ0) is 15.6. The Bertz CT molecular complexity index is 674. The first-order chi connectivity index (χ1) is 10.7. The lowest BCUT2D eigenvalue weighted by Gasteiger charge is -2.05. The summed E-state index contributed by atoms with van der Waals surface area (Å²) in [6.07, 6.45) is 0.139. The van der Waals surface area contributed by atoms with E-state index in [0.29, 0.717) is 13.0 Å². The fourth-order valence-electron chi connectivity index (χ4n) is 1.75. The van der Waals surface area contributed by atoms with Gasteiger partial charge in [-0.2, -0.15) is 0 Å². The van der Waals surface area contributed by atoms with Crippen LogP contribution in [0.1, 0.15) is 17.5 Å². The first-order valence-electron chi connectivity index (χ1n) is 6.96. The first-order valence-corrected chi connectivity index (χ1v) is 7.41. The molecule has 3 nitrogen and oxygen atoms in total. The topological polar surface area (TPSA) is 38.3 Å². The summed E-state index contributed by atoms with van der Waals surface area (Å²) in [6.45, 7) is 0.730. The Morgan fingerprint density at radius 3 is 2.73 bits per heavy atom. The van der Waals surface area contributed by atoms with Crippen molar-refractivity contribution in [2.24, 2.45) is 0 Å². The Kier molecular flexibility index (Phi) is 6.40. The van der Waals surface area contributed by atoms with Crippen LogP contribution in [-0.2, 0) is 11.3 Å². The van der Waals surface area contributed by atoms with Crippen molar-refractivity contribution in [2.75, 3.05) is 6.54 Å². The molecule has 0 fully saturated rings. The Morgan fingerprint density at radius 2 is 1.95 bits per heavy atom. The van der Waals surface area contributed by atoms with Crippen LogP contribution in [0.5, 0.6) is 0 Å². The van der Waals surface area contributed by atoms with Crippen LogP contribution in [0.3, 0.4) is 0 Å². The van der Waals surface area contributed by atoms with Gasteiger partial charge < -0.3 is 10.1 Å². The molecular formula is C18H17NO2S. The Balaban J connectivity index is 1.65. The fourth-order valence-corrected chi connectivity index (χ4v) is 1.97. The second kappa shape index (κ2) is 8.81. The second-order valence-electron chi connectivity index (χ2n) is 4.59. The quantitative estimate of drug-likeness (QED) is 0.514. The zero-order valence-corrected chi connectivity index (χ0v) is 13.0. The van der Waals surface area contributed by atoms with E-state index in [4.69, 9.17) is 4.74 Å². The van der Waals surface area contributed by atoms with Gasteiger partial charge in [-0.3, -0.25) is 0 Å². The summed E-state index contributed by atoms with van der Waals surface area (Å²) in [6, 6.07) is 17.2. The van der Waals surface area contributed by atoms with Crippen LogP contribution in [0.2, 0.25) is 0 Å². The van der Waals surface area contributed by atoms with Gasteiger partial charge in [-0.1, -0.05) is 48.2 Å². The van der Waals surface area contributed by atoms with E-state index in [1.807, 2.05) is 54.6 Å². The molecule has 4 heteroatoms. The summed E-state index contributed by atoms with van der Waals surface area (Å²) >= 11 is 4.26. The minimum Gasteiger partial charge on any atom is -0.445 e. The van der Waals surface area contributed by atoms with Gasteiger partial charge in [-0.05, 0) is 23.8 Å². The number of carbonyl (C=O) groups excluding carboxylic acids is 1. The monoisotopic (exact) mass is 311 g/mol. The molecule has 2 rings (SSSR count). The van der Waals surface area contributed by atoms with Crippen LogP contribution in [0, 0.1) is 11.8 Å². The molecule has 0 aromatic heterocycles. The number of rotatable bonds is 4. The molecular weight excluding hydrogens is 294 g/mol. The minimum absolute atomic E-state index is 0.271. The van der Waals surface area contributed by atoms with Gasteiger partial charge in [-0.15, -0.1) is 12.6 Å². The molecule has 0 saturated heterocycles. The van der Waals surface area contributed by atoms with Crippen LogP contribution >= 0.6 is 12.6 Å². The highest BCUT2D eigenvalue weighted by Gasteiger charge is 2.00. The van der Waals surface area contributed by atoms with Crippen molar-refractivity contribution < 1.29 is 9.53 Å². The molecule has 1 N–H and O–H groups in total. The van der Waals surface area contributed by atoms with Gasteiger partial charge in [0.1, 0.15) is 6.61 Å². The number of carbonyl (C=O) groups is 1. The zero-order valence-electron chi connectivity index (χ0n) is 12.1. The number of nitrogens with one attached hydrogen (secondary N) is 1. The summed E-state index contributed by atoms with van der Waals surface area (Å²) < 4.78 is 5.10. The van der Waals surface area contributed by atoms with Crippen LogP contribution in [0.4, 0.5) is 4.79 Å². The molecule has 0 atom stereocenters. The number of benzene rings is 2. The molecule has 2 aromatic rings. The average Bonchev–Trinajstić information content (AvgIpc) is 2.54. The molecule has 1 amide bonds. The van der Waals surface area contributed by atoms with E-state index in [-0.39, 0.29) is 6.61 Å². The Morgan fingerprint density at radius 1 is 1.14 bits per heavy atom. The number of hydrogen-bond acceptors (Lipinski definition) is 3. The maximum atomic E-state index is 11.5. The molecule has 0 bridgehead atoms. The predicted molar refractivity (Wildman–Crippen MR) is 89.8 cm³/mol. The van der Waals surface area contributed by atoms with E-state index in [0.717, 1.165) is 16.0 Å². The first kappa shape index (κ1) is 16.0. The molecule has 2 aromatic carbocycles. The molecule has 0 unspecified atom stereocenters. The van der Waals surface area contributed by atoms with E-state index in [1.54, 1.807) is 0 Å². The molecule has 0 aliphatic heterocycles. The van der Waals surface area contributed by atoms with Crippen molar-refractivity contribution in [3.05, 3.63) is 65.7 Å². The molecule has 112 valence electrons. The lowest BCUT2D eigenvalue weighted by Crippen LogP contribution is -2.24. The highest BCUT2D eigenvalue weighted by Crippen LogP contribution is 2.07. The van der Waals surface area contributed by atoms with Gasteiger partial charge in [0.15, 0.2) is 0 Å². The normalized spacial score (nSPS) is 9.50. The second-order valence-corrected chi connectivity index (χ2v) is 5.11. The van der Waals surface area contributed by atoms with Crippen molar-refractivity contribution in [3.63, 3.8) is 0 Å². The summed E-state index contributed by atoms with van der Waals surface area (Å²) in [4.78, 5) is 12.4. The molecule has 0 saturated carbocycles. The summed E-state index contributed by atoms with van der Waals surface area (Å²) in [5, 5.41) is 2.67. The predicted octanol–water partition coefficient (Wildman–Crippen LogP) is 3.64. The number of alkyl carbamates (subject to hydrolysis) is 1. The van der Waals surface area contributed by atoms with Crippen molar-refractivity contribution in [1.29, 1.82) is 0 Å². The van der Waals surface area contributed by atoms with Gasteiger partial charge in [-0.25, -0.2) is 4.79 Å². The van der Waals surface area contributed by atoms with Crippen molar-refractivity contribution in [2.45, 2.75) is 17.9 Å². The molecule has 0 aliphatic rings. The summed E-state index contributed by atoms with van der Waals surface area (Å²) in [5.41, 5.74) is 1.88. The van der Waals surface area contributed by atoms with Crippen LogP contribution in [0.25, 0.3) is 0 Å². The number of ether oxygens (including phenoxy) is 1. The number of amides is 1. The van der Waals surface area contributed by atoms with E-state index < -0.39 is 6.09 Å². The molecule has 22 heavy (non-hydrogen) atoms. The highest BCUT2D eigenvalue weighted by molar-refractivity contribution is 7.80. The van der Waals surface area contributed by atoms with Gasteiger partial charge in [0.05, 0.1) is 0 Å². The minimum atomic E-state index is -0.428. The number of thiol groups is 1. The Labute approximate surface area is 136 Å². The molecule has 0 aliphatic carbocycles. The van der Waals surface area contributed by atoms with Crippen molar-refractivity contribution in [1.82, 2.24) is 5.32 Å². The van der Waals surface area contributed by atoms with Crippen LogP contribution < -0.4 is 5.32 Å². The maximum Gasteiger partial charge on any atom is 0.407 e. The van der Waals surface area contributed by atoms with Gasteiger partial charge in [0.2, 0.25) is 0 Å². The third kappa shape index (κ3) is 5.94. The lowest BCUT2D eigenvalue weighted by molar-refractivity contribution is 0.140. The Hall–Kier alpha value is -2.38. The third-order valence-corrected chi connectivity index (χ3v) is 3.09. The average molecular weight is 311 g/mol. The molecule has 0 heterocycles. The fraction of sp³-hybridized carbons (Fsp3) is 0.167. The van der Waals surface area contributed by atoms with Gasteiger partial charge in [0.25, 0.3) is 0 Å². The third-order valence-electron chi connectivity index (χ3n) is 2.81. The SMILES string of the molecule is O=C(NCCC#Cc1cccc(S)c1)OCc1ccccc1. The van der Waals surface area contributed by atoms with E-state index >= 15 is 0 Å². The molecule has 0 radical (unpaired) electrons. The van der Waals surface area contributed by atoms with E-state index in [2.05, 4.69) is 29.8 Å². The van der Waals surface area contributed by atoms with Crippen molar-refractivity contribution in [3.8, 4) is 11.8 Å². The van der Waals surface area contributed by atoms with Crippen molar-refractivity contribution >= 4 is 18.7 Å². The van der Waals surface area contributed by atoms with Crippen LogP contribution in [-0.4, -0.2) is 12.6 Å². The largest absolute Gasteiger partial charge is 0.445 e. The van der Waals surface area contributed by atoms with Crippen LogP contribution in [0.15, 0.2) is 59.5 Å². The van der Waals surface area contributed by atoms with E-state index in [9.17, 15) is 4.79 Å². The maximum absolute atomic E-state index is 11.5. The van der Waals surface area contributed by atoms with Gasteiger partial charge in [0, 0.05) is 23.4 Å². The van der Waals surface area contributed by atoms with E-state index in [1.165, 1.54) is 0 Å².